The van der Waals surface area contributed by atoms with Crippen molar-refractivity contribution in [2.75, 3.05) is 19.8 Å². The highest BCUT2D eigenvalue weighted by molar-refractivity contribution is 5.80. The molecular formula is C17H27NO10. The average Bonchev–Trinajstić information content (AvgIpc) is 2.68. The quantitative estimate of drug-likeness (QED) is 0.173. The van der Waals surface area contributed by atoms with Crippen molar-refractivity contribution in [1.82, 2.24) is 0 Å². The van der Waals surface area contributed by atoms with Gasteiger partial charge in [0.25, 0.3) is 0 Å². The van der Waals surface area contributed by atoms with Crippen molar-refractivity contribution >= 4 is 5.97 Å². The predicted octanol–water partition coefficient (Wildman–Crippen LogP) is -2.68. The normalized spacial score (nSPS) is 31.5. The first-order chi connectivity index (χ1) is 13.1. The number of carbonyl (C=O) groups excluding carboxylic acids is 1. The van der Waals surface area contributed by atoms with Crippen molar-refractivity contribution in [2.24, 2.45) is 0 Å². The maximum absolute atomic E-state index is 12.1. The lowest BCUT2D eigenvalue weighted by atomic mass is 9.95. The summed E-state index contributed by atoms with van der Waals surface area (Å²) in [5.41, 5.74) is -2.12. The van der Waals surface area contributed by atoms with Gasteiger partial charge in [0, 0.05) is 0 Å². The van der Waals surface area contributed by atoms with Crippen LogP contribution < -0.4 is 0 Å². The topological polar surface area (TPSA) is 190 Å². The zero-order chi connectivity index (χ0) is 21.5. The van der Waals surface area contributed by atoms with Gasteiger partial charge >= 0.3 is 5.97 Å². The molecule has 1 fully saturated rings. The number of ether oxygens (including phenoxy) is 3. The van der Waals surface area contributed by atoms with Gasteiger partial charge in [0.15, 0.2) is 11.9 Å². The highest BCUT2D eigenvalue weighted by Gasteiger charge is 2.46. The Morgan fingerprint density at radius 2 is 1.96 bits per heavy atom. The zero-order valence-corrected chi connectivity index (χ0v) is 15.6. The summed E-state index contributed by atoms with van der Waals surface area (Å²) in [6, 6.07) is 1.72. The number of hydrogen-bond donors (Lipinski definition) is 6. The van der Waals surface area contributed by atoms with Crippen LogP contribution in [0.3, 0.4) is 0 Å². The van der Waals surface area contributed by atoms with E-state index in [4.69, 9.17) is 24.6 Å². The van der Waals surface area contributed by atoms with Crippen LogP contribution in [0, 0.1) is 11.3 Å². The molecule has 7 atom stereocenters. The van der Waals surface area contributed by atoms with Gasteiger partial charge in [-0.3, -0.25) is 0 Å². The molecule has 1 heterocycles. The molecule has 0 aromatic carbocycles. The summed E-state index contributed by atoms with van der Waals surface area (Å²) in [5, 5.41) is 67.2. The van der Waals surface area contributed by atoms with Crippen LogP contribution in [0.5, 0.6) is 0 Å². The van der Waals surface area contributed by atoms with Crippen molar-refractivity contribution in [3.05, 3.63) is 11.6 Å². The molecule has 0 amide bonds. The maximum atomic E-state index is 12.1. The minimum Gasteiger partial charge on any atom is -0.461 e. The van der Waals surface area contributed by atoms with Crippen LogP contribution in [-0.4, -0.2) is 98.8 Å². The first-order valence-corrected chi connectivity index (χ1v) is 8.71. The Labute approximate surface area is 162 Å². The molecule has 1 aliphatic rings. The average molecular weight is 405 g/mol. The third-order valence-electron chi connectivity index (χ3n) is 4.53. The Hall–Kier alpha value is -1.62. The second-order valence-electron chi connectivity index (χ2n) is 6.40. The molecular weight excluding hydrogens is 378 g/mol. The van der Waals surface area contributed by atoms with Crippen LogP contribution in [0.4, 0.5) is 0 Å². The van der Waals surface area contributed by atoms with Gasteiger partial charge in [-0.2, -0.15) is 5.26 Å². The zero-order valence-electron chi connectivity index (χ0n) is 15.6. The second kappa shape index (κ2) is 10.8. The Morgan fingerprint density at radius 3 is 2.46 bits per heavy atom. The highest BCUT2D eigenvalue weighted by Crippen LogP contribution is 2.24. The number of hydrogen-bond acceptors (Lipinski definition) is 11. The smallest absolute Gasteiger partial charge is 0.340 e. The Kier molecular flexibility index (Phi) is 9.42. The number of nitrogens with zero attached hydrogens (tertiary/aromatic N) is 1. The number of nitriles is 1. The maximum Gasteiger partial charge on any atom is 0.340 e. The van der Waals surface area contributed by atoms with E-state index in [2.05, 4.69) is 0 Å². The van der Waals surface area contributed by atoms with Gasteiger partial charge < -0.3 is 44.8 Å². The van der Waals surface area contributed by atoms with Crippen LogP contribution in [0.15, 0.2) is 11.6 Å². The molecule has 28 heavy (non-hydrogen) atoms. The first kappa shape index (κ1) is 24.4. The molecule has 160 valence electrons. The van der Waals surface area contributed by atoms with E-state index in [1.165, 1.54) is 19.9 Å². The van der Waals surface area contributed by atoms with E-state index < -0.39 is 61.6 Å². The third-order valence-corrected chi connectivity index (χ3v) is 4.53. The fraction of sp³-hybridized carbons (Fsp3) is 0.765. The van der Waals surface area contributed by atoms with Gasteiger partial charge in [0.05, 0.1) is 31.0 Å². The predicted molar refractivity (Wildman–Crippen MR) is 91.3 cm³/mol. The SMILES string of the molecule is CCC(O)(C(=O)OC[C@H]1O[C@@H](OC/C=C(/C#N)CO)[C@H](O)[C@@H](O)[C@@H]1O)C(C)O. The summed E-state index contributed by atoms with van der Waals surface area (Å²) < 4.78 is 15.4. The van der Waals surface area contributed by atoms with Crippen molar-refractivity contribution in [2.45, 2.75) is 62.7 Å². The number of carbonyl (C=O) groups is 1. The number of rotatable bonds is 9. The number of aliphatic hydroxyl groups is 6. The van der Waals surface area contributed by atoms with Crippen molar-refractivity contribution in [3.63, 3.8) is 0 Å². The lowest BCUT2D eigenvalue weighted by Gasteiger charge is -2.40. The summed E-state index contributed by atoms with van der Waals surface area (Å²) >= 11 is 0. The van der Waals surface area contributed by atoms with E-state index in [0.717, 1.165) is 0 Å². The fourth-order valence-corrected chi connectivity index (χ4v) is 2.47. The van der Waals surface area contributed by atoms with Crippen LogP contribution in [0.2, 0.25) is 0 Å². The van der Waals surface area contributed by atoms with Crippen LogP contribution in [0.25, 0.3) is 0 Å². The van der Waals surface area contributed by atoms with E-state index in [1.807, 2.05) is 0 Å². The van der Waals surface area contributed by atoms with E-state index >= 15 is 0 Å². The second-order valence-corrected chi connectivity index (χ2v) is 6.40. The lowest BCUT2D eigenvalue weighted by Crippen LogP contribution is -2.60. The number of esters is 1. The monoisotopic (exact) mass is 405 g/mol. The van der Waals surface area contributed by atoms with Crippen molar-refractivity contribution in [1.29, 1.82) is 5.26 Å². The lowest BCUT2D eigenvalue weighted by molar-refractivity contribution is -0.300. The van der Waals surface area contributed by atoms with E-state index in [0.29, 0.717) is 0 Å². The van der Waals surface area contributed by atoms with E-state index in [9.17, 15) is 30.3 Å². The molecule has 1 aliphatic heterocycles. The van der Waals surface area contributed by atoms with Gasteiger partial charge in [-0.1, -0.05) is 6.92 Å². The Balaban J connectivity index is 2.74. The molecule has 0 aromatic heterocycles. The molecule has 0 aliphatic carbocycles. The largest absolute Gasteiger partial charge is 0.461 e. The van der Waals surface area contributed by atoms with Gasteiger partial charge in [-0.05, 0) is 19.4 Å². The van der Waals surface area contributed by atoms with Gasteiger partial charge in [0.2, 0.25) is 0 Å². The van der Waals surface area contributed by atoms with Crippen LogP contribution in [0.1, 0.15) is 20.3 Å². The van der Waals surface area contributed by atoms with E-state index in [-0.39, 0.29) is 18.6 Å². The third kappa shape index (κ3) is 5.69. The van der Waals surface area contributed by atoms with Gasteiger partial charge in [0.1, 0.15) is 31.0 Å². The molecule has 2 unspecified atom stereocenters. The molecule has 11 nitrogen and oxygen atoms in total. The first-order valence-electron chi connectivity index (χ1n) is 8.71. The Bertz CT molecular complexity index is 589. The summed E-state index contributed by atoms with van der Waals surface area (Å²) in [7, 11) is 0. The molecule has 1 saturated heterocycles. The standard InChI is InChI=1S/C17H27NO10/c1-3-17(25,9(2)20)16(24)27-8-11-12(21)13(22)14(23)15(28-11)26-5-4-10(6-18)7-19/h4,9,11-15,19-23,25H,3,5,7-8H2,1-2H3/b10-4-/t9?,11-,12-,13+,14-,15-,17?/m1/s1. The number of aliphatic hydroxyl groups excluding tert-OH is 5. The molecule has 0 aromatic rings. The fourth-order valence-electron chi connectivity index (χ4n) is 2.47. The summed E-state index contributed by atoms with van der Waals surface area (Å²) in [5.74, 6) is -1.14. The molecule has 0 radical (unpaired) electrons. The minimum atomic E-state index is -2.14. The van der Waals surface area contributed by atoms with Crippen molar-refractivity contribution in [3.8, 4) is 6.07 Å². The highest BCUT2D eigenvalue weighted by atomic mass is 16.7. The molecule has 1 rings (SSSR count). The summed E-state index contributed by atoms with van der Waals surface area (Å²) in [6.07, 6.45) is -7.92. The van der Waals surface area contributed by atoms with Crippen molar-refractivity contribution < 1.29 is 49.6 Å². The molecule has 0 spiro atoms. The molecule has 11 heteroatoms. The summed E-state index contributed by atoms with van der Waals surface area (Å²) in [6.45, 7) is 1.36. The minimum absolute atomic E-state index is 0.0216. The van der Waals surface area contributed by atoms with Crippen LogP contribution in [-0.2, 0) is 19.0 Å². The molecule has 6 N–H and O–H groups in total. The van der Waals surface area contributed by atoms with Crippen LogP contribution >= 0.6 is 0 Å². The van der Waals surface area contributed by atoms with Gasteiger partial charge in [-0.15, -0.1) is 0 Å². The molecule has 0 saturated carbocycles. The molecule has 0 bridgehead atoms. The Morgan fingerprint density at radius 1 is 1.32 bits per heavy atom. The van der Waals surface area contributed by atoms with Gasteiger partial charge in [-0.25, -0.2) is 4.79 Å². The summed E-state index contributed by atoms with van der Waals surface area (Å²) in [4.78, 5) is 12.1. The van der Waals surface area contributed by atoms with E-state index in [1.54, 1.807) is 6.07 Å².